The summed E-state index contributed by atoms with van der Waals surface area (Å²) >= 11 is 0. The van der Waals surface area contributed by atoms with E-state index in [1.165, 1.54) is 6.07 Å². The maximum absolute atomic E-state index is 13.6. The number of benzene rings is 1. The van der Waals surface area contributed by atoms with Crippen LogP contribution in [-0.4, -0.2) is 29.4 Å². The molecule has 1 amide bonds. The van der Waals surface area contributed by atoms with Crippen LogP contribution >= 0.6 is 0 Å². The first-order chi connectivity index (χ1) is 10.1. The van der Waals surface area contributed by atoms with Gasteiger partial charge < -0.3 is 10.6 Å². The Kier molecular flexibility index (Phi) is 3.98. The van der Waals surface area contributed by atoms with E-state index < -0.39 is 5.54 Å². The molecule has 0 radical (unpaired) electrons. The Hall–Kier alpha value is -1.42. The lowest BCUT2D eigenvalue weighted by Gasteiger charge is -2.34. The highest BCUT2D eigenvalue weighted by Gasteiger charge is 2.48. The Morgan fingerprint density at radius 1 is 1.38 bits per heavy atom. The van der Waals surface area contributed by atoms with Gasteiger partial charge in [0.1, 0.15) is 5.82 Å². The summed E-state index contributed by atoms with van der Waals surface area (Å²) < 4.78 is 13.6. The van der Waals surface area contributed by atoms with Gasteiger partial charge in [0.25, 0.3) is 0 Å². The van der Waals surface area contributed by atoms with E-state index in [0.29, 0.717) is 5.92 Å². The summed E-state index contributed by atoms with van der Waals surface area (Å²) in [5.41, 5.74) is 6.22. The number of hydrogen-bond acceptors (Lipinski definition) is 2. The molecular weight excluding hydrogens is 267 g/mol. The normalized spacial score (nSPS) is 23.9. The number of nitrogens with two attached hydrogens (primary N) is 1. The van der Waals surface area contributed by atoms with Crippen molar-refractivity contribution in [2.24, 2.45) is 11.7 Å². The smallest absolute Gasteiger partial charge is 0.242 e. The van der Waals surface area contributed by atoms with Crippen molar-refractivity contribution in [2.75, 3.05) is 13.1 Å². The van der Waals surface area contributed by atoms with Crippen LogP contribution in [0.5, 0.6) is 0 Å². The number of amides is 1. The number of carbonyl (C=O) groups excluding carboxylic acids is 1. The van der Waals surface area contributed by atoms with Gasteiger partial charge in [-0.15, -0.1) is 0 Å². The second kappa shape index (κ2) is 5.76. The first kappa shape index (κ1) is 14.5. The van der Waals surface area contributed by atoms with Gasteiger partial charge in [0.15, 0.2) is 0 Å². The van der Waals surface area contributed by atoms with Gasteiger partial charge >= 0.3 is 0 Å². The first-order valence-corrected chi connectivity index (χ1v) is 7.90. The maximum atomic E-state index is 13.6. The van der Waals surface area contributed by atoms with Crippen molar-refractivity contribution in [3.8, 4) is 0 Å². The number of hydrogen-bond donors (Lipinski definition) is 1. The lowest BCUT2D eigenvalue weighted by atomic mass is 9.91. The molecule has 1 saturated carbocycles. The fraction of sp³-hybridized carbons (Fsp3) is 0.588. The second-order valence-corrected chi connectivity index (χ2v) is 6.55. The first-order valence-electron chi connectivity index (χ1n) is 7.90. The molecular formula is C17H23FN2O. The van der Waals surface area contributed by atoms with Crippen LogP contribution in [0, 0.1) is 11.7 Å². The van der Waals surface area contributed by atoms with E-state index in [2.05, 4.69) is 0 Å². The monoisotopic (exact) mass is 290 g/mol. The standard InChI is InChI=1S/C17H23FN2O/c18-15-6-2-1-5-14(15)8-7-13-4-3-11-20(12-13)16(21)17(19)9-10-17/h1-2,5-6,13H,3-4,7-12,19H2/t13-/m1/s1. The van der Waals surface area contributed by atoms with Gasteiger partial charge in [0.05, 0.1) is 5.54 Å². The van der Waals surface area contributed by atoms with Crippen molar-refractivity contribution < 1.29 is 9.18 Å². The molecule has 1 atom stereocenters. The molecule has 1 aromatic carbocycles. The molecule has 114 valence electrons. The van der Waals surface area contributed by atoms with Crippen molar-refractivity contribution in [1.82, 2.24) is 4.90 Å². The summed E-state index contributed by atoms with van der Waals surface area (Å²) in [6, 6.07) is 6.95. The topological polar surface area (TPSA) is 46.3 Å². The fourth-order valence-electron chi connectivity index (χ4n) is 3.21. The van der Waals surface area contributed by atoms with E-state index in [0.717, 1.165) is 57.2 Å². The minimum absolute atomic E-state index is 0.123. The summed E-state index contributed by atoms with van der Waals surface area (Å²) in [5, 5.41) is 0. The number of halogens is 1. The third-order valence-electron chi connectivity index (χ3n) is 4.80. The molecule has 0 spiro atoms. The fourth-order valence-corrected chi connectivity index (χ4v) is 3.21. The predicted octanol–water partition coefficient (Wildman–Crippen LogP) is 2.49. The molecule has 1 saturated heterocycles. The van der Waals surface area contributed by atoms with Gasteiger partial charge in [-0.05, 0) is 56.1 Å². The molecule has 1 aliphatic heterocycles. The third kappa shape index (κ3) is 3.26. The predicted molar refractivity (Wildman–Crippen MR) is 80.2 cm³/mol. The van der Waals surface area contributed by atoms with E-state index in [1.807, 2.05) is 17.0 Å². The maximum Gasteiger partial charge on any atom is 0.242 e. The van der Waals surface area contributed by atoms with Crippen LogP contribution in [0.2, 0.25) is 0 Å². The van der Waals surface area contributed by atoms with E-state index in [9.17, 15) is 9.18 Å². The Bertz CT molecular complexity index is 527. The summed E-state index contributed by atoms with van der Waals surface area (Å²) in [6.45, 7) is 1.61. The van der Waals surface area contributed by atoms with E-state index >= 15 is 0 Å². The summed E-state index contributed by atoms with van der Waals surface area (Å²) in [4.78, 5) is 14.2. The van der Waals surface area contributed by atoms with Crippen molar-refractivity contribution in [2.45, 2.75) is 44.1 Å². The minimum Gasteiger partial charge on any atom is -0.341 e. The molecule has 0 bridgehead atoms. The molecule has 1 aromatic rings. The Morgan fingerprint density at radius 2 is 2.14 bits per heavy atom. The van der Waals surface area contributed by atoms with E-state index in [4.69, 9.17) is 5.73 Å². The van der Waals surface area contributed by atoms with Crippen LogP contribution in [0.3, 0.4) is 0 Å². The van der Waals surface area contributed by atoms with Crippen LogP contribution in [0.4, 0.5) is 4.39 Å². The molecule has 0 unspecified atom stereocenters. The zero-order valence-electron chi connectivity index (χ0n) is 12.4. The zero-order chi connectivity index (χ0) is 14.9. The number of carbonyl (C=O) groups is 1. The van der Waals surface area contributed by atoms with Crippen LogP contribution in [0.25, 0.3) is 0 Å². The summed E-state index contributed by atoms with van der Waals surface area (Å²) in [7, 11) is 0. The second-order valence-electron chi connectivity index (χ2n) is 6.55. The SMILES string of the molecule is NC1(C(=O)N2CCC[C@H](CCc3ccccc3F)C2)CC1. The molecule has 2 fully saturated rings. The van der Waals surface area contributed by atoms with E-state index in [-0.39, 0.29) is 11.7 Å². The third-order valence-corrected chi connectivity index (χ3v) is 4.80. The van der Waals surface area contributed by atoms with Gasteiger partial charge in [-0.3, -0.25) is 4.79 Å². The molecule has 1 aliphatic carbocycles. The Balaban J connectivity index is 1.54. The van der Waals surface area contributed by atoms with Crippen LogP contribution in [-0.2, 0) is 11.2 Å². The lowest BCUT2D eigenvalue weighted by molar-refractivity contribution is -0.135. The van der Waals surface area contributed by atoms with Gasteiger partial charge in [0, 0.05) is 13.1 Å². The van der Waals surface area contributed by atoms with Crippen molar-refractivity contribution >= 4 is 5.91 Å². The van der Waals surface area contributed by atoms with Gasteiger partial charge in [-0.2, -0.15) is 0 Å². The summed E-state index contributed by atoms with van der Waals surface area (Å²) in [5.74, 6) is 0.461. The zero-order valence-corrected chi connectivity index (χ0v) is 12.4. The molecule has 3 nitrogen and oxygen atoms in total. The summed E-state index contributed by atoms with van der Waals surface area (Å²) in [6.07, 6.45) is 5.47. The number of rotatable bonds is 4. The number of nitrogens with zero attached hydrogens (tertiary/aromatic N) is 1. The largest absolute Gasteiger partial charge is 0.341 e. The molecule has 0 aromatic heterocycles. The number of likely N-dealkylation sites (tertiary alicyclic amines) is 1. The average Bonchev–Trinajstić information content (AvgIpc) is 3.25. The highest BCUT2D eigenvalue weighted by Crippen LogP contribution is 2.35. The molecule has 4 heteroatoms. The van der Waals surface area contributed by atoms with Crippen molar-refractivity contribution in [3.63, 3.8) is 0 Å². The number of aryl methyl sites for hydroxylation is 1. The molecule has 3 rings (SSSR count). The van der Waals surface area contributed by atoms with E-state index in [1.54, 1.807) is 6.07 Å². The molecule has 2 aliphatic rings. The highest BCUT2D eigenvalue weighted by atomic mass is 19.1. The molecule has 2 N–H and O–H groups in total. The van der Waals surface area contributed by atoms with Crippen molar-refractivity contribution in [3.05, 3.63) is 35.6 Å². The van der Waals surface area contributed by atoms with Crippen LogP contribution < -0.4 is 5.73 Å². The van der Waals surface area contributed by atoms with Gasteiger partial charge in [-0.1, -0.05) is 18.2 Å². The van der Waals surface area contributed by atoms with Crippen LogP contribution in [0.1, 0.15) is 37.7 Å². The Morgan fingerprint density at radius 3 is 2.86 bits per heavy atom. The van der Waals surface area contributed by atoms with Gasteiger partial charge in [0.2, 0.25) is 5.91 Å². The quantitative estimate of drug-likeness (QED) is 0.926. The van der Waals surface area contributed by atoms with Crippen LogP contribution in [0.15, 0.2) is 24.3 Å². The molecule has 1 heterocycles. The molecule has 21 heavy (non-hydrogen) atoms. The number of piperidine rings is 1. The van der Waals surface area contributed by atoms with Crippen molar-refractivity contribution in [1.29, 1.82) is 0 Å². The lowest BCUT2D eigenvalue weighted by Crippen LogP contribution is -2.49. The van der Waals surface area contributed by atoms with Gasteiger partial charge in [-0.25, -0.2) is 4.39 Å². The average molecular weight is 290 g/mol. The minimum atomic E-state index is -0.562. The highest BCUT2D eigenvalue weighted by molar-refractivity contribution is 5.89. The Labute approximate surface area is 125 Å².